The fourth-order valence-electron chi connectivity index (χ4n) is 2.35. The van der Waals surface area contributed by atoms with Crippen LogP contribution in [0, 0.1) is 11.2 Å². The lowest BCUT2D eigenvalue weighted by Gasteiger charge is -2.28. The van der Waals surface area contributed by atoms with Gasteiger partial charge in [-0.3, -0.25) is 5.41 Å². The van der Waals surface area contributed by atoms with Gasteiger partial charge in [-0.1, -0.05) is 12.8 Å². The van der Waals surface area contributed by atoms with E-state index in [0.29, 0.717) is 18.5 Å². The van der Waals surface area contributed by atoms with E-state index in [4.69, 9.17) is 11.1 Å². The number of hydrogen-bond donors (Lipinski definition) is 4. The van der Waals surface area contributed by atoms with Crippen molar-refractivity contribution in [1.29, 1.82) is 5.41 Å². The Morgan fingerprint density at radius 1 is 1.26 bits per heavy atom. The number of amides is 2. The van der Waals surface area contributed by atoms with Crippen molar-refractivity contribution < 1.29 is 9.18 Å². The number of nitrogens with one attached hydrogen (secondary N) is 3. The van der Waals surface area contributed by atoms with Crippen LogP contribution in [0.15, 0.2) is 24.3 Å². The van der Waals surface area contributed by atoms with E-state index in [1.807, 2.05) is 0 Å². The molecule has 1 aromatic carbocycles. The minimum atomic E-state index is -0.732. The molecule has 0 heterocycles. The summed E-state index contributed by atoms with van der Waals surface area (Å²) in [7, 11) is 0. The van der Waals surface area contributed by atoms with E-state index in [1.54, 1.807) is 0 Å². The first-order valence-corrected chi connectivity index (χ1v) is 6.21. The molecule has 1 aromatic rings. The van der Waals surface area contributed by atoms with Gasteiger partial charge in [0, 0.05) is 5.69 Å². The molecule has 0 atom stereocenters. The molecule has 102 valence electrons. The Balaban J connectivity index is 2.00. The van der Waals surface area contributed by atoms with Crippen LogP contribution in [-0.4, -0.2) is 17.4 Å². The van der Waals surface area contributed by atoms with E-state index in [-0.39, 0.29) is 11.7 Å². The maximum Gasteiger partial charge on any atom is 0.320 e. The van der Waals surface area contributed by atoms with Crippen molar-refractivity contribution in [2.24, 2.45) is 5.73 Å². The monoisotopic (exact) mass is 264 g/mol. The molecule has 0 unspecified atom stereocenters. The van der Waals surface area contributed by atoms with Crippen molar-refractivity contribution in [2.75, 3.05) is 5.32 Å². The molecule has 0 saturated heterocycles. The van der Waals surface area contributed by atoms with E-state index < -0.39 is 11.6 Å². The Hall–Kier alpha value is -2.11. The number of hydrogen-bond acceptors (Lipinski definition) is 2. The first-order chi connectivity index (χ1) is 9.02. The van der Waals surface area contributed by atoms with Gasteiger partial charge in [0.1, 0.15) is 11.7 Å². The average Bonchev–Trinajstić information content (AvgIpc) is 2.82. The standard InChI is InChI=1S/C13H17FN4O/c14-9-3-5-10(6-4-9)17-12(19)18-13(11(15)16)7-1-2-8-13/h3-6H,1-2,7-8H2,(H3,15,16)(H2,17,18,19). The third-order valence-electron chi connectivity index (χ3n) is 3.43. The molecule has 0 spiro atoms. The first-order valence-electron chi connectivity index (χ1n) is 6.21. The van der Waals surface area contributed by atoms with Crippen molar-refractivity contribution in [3.05, 3.63) is 30.1 Å². The van der Waals surface area contributed by atoms with Gasteiger partial charge in [0.15, 0.2) is 0 Å². The molecular weight excluding hydrogens is 247 g/mol. The van der Waals surface area contributed by atoms with Gasteiger partial charge in [0.25, 0.3) is 0 Å². The number of anilines is 1. The highest BCUT2D eigenvalue weighted by atomic mass is 19.1. The van der Waals surface area contributed by atoms with Crippen LogP contribution in [0.25, 0.3) is 0 Å². The molecular formula is C13H17FN4O. The molecule has 1 aliphatic carbocycles. The Labute approximate surface area is 110 Å². The number of amidine groups is 1. The number of nitrogens with two attached hydrogens (primary N) is 1. The quantitative estimate of drug-likeness (QED) is 0.498. The molecule has 5 nitrogen and oxygen atoms in total. The molecule has 1 aliphatic rings. The zero-order chi connectivity index (χ0) is 13.9. The van der Waals surface area contributed by atoms with Gasteiger partial charge in [-0.15, -0.1) is 0 Å². The topological polar surface area (TPSA) is 91.0 Å². The highest BCUT2D eigenvalue weighted by Gasteiger charge is 2.38. The molecule has 1 fully saturated rings. The van der Waals surface area contributed by atoms with E-state index in [0.717, 1.165) is 12.8 Å². The summed E-state index contributed by atoms with van der Waals surface area (Å²) in [6.45, 7) is 0. The van der Waals surface area contributed by atoms with E-state index >= 15 is 0 Å². The van der Waals surface area contributed by atoms with Gasteiger partial charge in [-0.25, -0.2) is 9.18 Å². The van der Waals surface area contributed by atoms with E-state index in [2.05, 4.69) is 10.6 Å². The smallest absolute Gasteiger partial charge is 0.320 e. The second-order valence-electron chi connectivity index (χ2n) is 4.79. The lowest BCUT2D eigenvalue weighted by Crippen LogP contribution is -2.56. The summed E-state index contributed by atoms with van der Waals surface area (Å²) in [5.41, 5.74) is 5.35. The average molecular weight is 264 g/mol. The number of halogens is 1. The van der Waals surface area contributed by atoms with Crippen LogP contribution in [0.5, 0.6) is 0 Å². The molecule has 1 saturated carbocycles. The summed E-state index contributed by atoms with van der Waals surface area (Å²) >= 11 is 0. The third kappa shape index (κ3) is 3.01. The van der Waals surface area contributed by atoms with Crippen LogP contribution in [0.1, 0.15) is 25.7 Å². The van der Waals surface area contributed by atoms with Gasteiger partial charge >= 0.3 is 6.03 Å². The second-order valence-corrected chi connectivity index (χ2v) is 4.79. The van der Waals surface area contributed by atoms with E-state index in [9.17, 15) is 9.18 Å². The molecule has 0 aliphatic heterocycles. The summed E-state index contributed by atoms with van der Waals surface area (Å²) in [6.07, 6.45) is 3.24. The van der Waals surface area contributed by atoms with Gasteiger partial charge in [-0.2, -0.15) is 0 Å². The fraction of sp³-hybridized carbons (Fsp3) is 0.385. The van der Waals surface area contributed by atoms with Crippen LogP contribution in [0.4, 0.5) is 14.9 Å². The minimum absolute atomic E-state index is 0.0146. The van der Waals surface area contributed by atoms with Crippen LogP contribution >= 0.6 is 0 Å². The molecule has 2 rings (SSSR count). The summed E-state index contributed by atoms with van der Waals surface area (Å²) in [4.78, 5) is 11.9. The zero-order valence-corrected chi connectivity index (χ0v) is 10.5. The highest BCUT2D eigenvalue weighted by Crippen LogP contribution is 2.29. The Bertz CT molecular complexity index is 480. The molecule has 6 heteroatoms. The zero-order valence-electron chi connectivity index (χ0n) is 10.5. The second kappa shape index (κ2) is 5.26. The summed E-state index contributed by atoms with van der Waals surface area (Å²) in [5.74, 6) is -0.374. The van der Waals surface area contributed by atoms with E-state index in [1.165, 1.54) is 24.3 Å². The normalized spacial score (nSPS) is 16.9. The maximum atomic E-state index is 12.7. The van der Waals surface area contributed by atoms with Crippen LogP contribution in [0.2, 0.25) is 0 Å². The van der Waals surface area contributed by atoms with Crippen molar-refractivity contribution in [3.63, 3.8) is 0 Å². The number of rotatable bonds is 3. The lowest BCUT2D eigenvalue weighted by molar-refractivity contribution is 0.244. The summed E-state index contributed by atoms with van der Waals surface area (Å²) in [6, 6.07) is 5.06. The predicted octanol–water partition coefficient (Wildman–Crippen LogP) is 2.20. The molecule has 19 heavy (non-hydrogen) atoms. The number of urea groups is 1. The minimum Gasteiger partial charge on any atom is -0.386 e. The van der Waals surface area contributed by atoms with Crippen LogP contribution in [-0.2, 0) is 0 Å². The Morgan fingerprint density at radius 3 is 2.37 bits per heavy atom. The Morgan fingerprint density at radius 2 is 1.84 bits per heavy atom. The number of carbonyl (C=O) groups excluding carboxylic acids is 1. The highest BCUT2D eigenvalue weighted by molar-refractivity contribution is 5.96. The molecule has 5 N–H and O–H groups in total. The third-order valence-corrected chi connectivity index (χ3v) is 3.43. The summed E-state index contributed by atoms with van der Waals surface area (Å²) < 4.78 is 12.7. The number of carbonyl (C=O) groups is 1. The molecule has 0 bridgehead atoms. The molecule has 0 radical (unpaired) electrons. The fourth-order valence-corrected chi connectivity index (χ4v) is 2.35. The van der Waals surface area contributed by atoms with Crippen molar-refractivity contribution >= 4 is 17.6 Å². The van der Waals surface area contributed by atoms with Gasteiger partial charge in [-0.05, 0) is 37.1 Å². The van der Waals surface area contributed by atoms with Crippen molar-refractivity contribution in [3.8, 4) is 0 Å². The van der Waals surface area contributed by atoms with Crippen molar-refractivity contribution in [1.82, 2.24) is 5.32 Å². The maximum absolute atomic E-state index is 12.7. The first kappa shape index (κ1) is 13.3. The van der Waals surface area contributed by atoms with Crippen LogP contribution in [0.3, 0.4) is 0 Å². The van der Waals surface area contributed by atoms with Crippen LogP contribution < -0.4 is 16.4 Å². The Kier molecular flexibility index (Phi) is 3.69. The van der Waals surface area contributed by atoms with Gasteiger partial charge < -0.3 is 16.4 Å². The van der Waals surface area contributed by atoms with Crippen molar-refractivity contribution in [2.45, 2.75) is 31.2 Å². The van der Waals surface area contributed by atoms with Gasteiger partial charge in [0.05, 0.1) is 5.54 Å². The lowest BCUT2D eigenvalue weighted by atomic mass is 9.96. The summed E-state index contributed by atoms with van der Waals surface area (Å²) in [5, 5.41) is 13.0. The number of benzene rings is 1. The molecule has 0 aromatic heterocycles. The molecule has 2 amide bonds. The predicted molar refractivity (Wildman–Crippen MR) is 71.7 cm³/mol. The largest absolute Gasteiger partial charge is 0.386 e. The SMILES string of the molecule is N=C(N)C1(NC(=O)Nc2ccc(F)cc2)CCCC1. The van der Waals surface area contributed by atoms with Gasteiger partial charge in [0.2, 0.25) is 0 Å².